The van der Waals surface area contributed by atoms with Crippen molar-refractivity contribution < 1.29 is 4.79 Å². The number of rotatable bonds is 2. The Kier molecular flexibility index (Phi) is 4.70. The van der Waals surface area contributed by atoms with Crippen molar-refractivity contribution >= 4 is 27.5 Å². The second-order valence-corrected chi connectivity index (χ2v) is 6.38. The summed E-state index contributed by atoms with van der Waals surface area (Å²) >= 11 is 3.42. The van der Waals surface area contributed by atoms with Crippen LogP contribution in [-0.4, -0.2) is 48.4 Å². The summed E-state index contributed by atoms with van der Waals surface area (Å²) in [5.74, 6) is 0.0852. The number of nitrogens with two attached hydrogens (primary N) is 1. The highest BCUT2D eigenvalue weighted by Crippen LogP contribution is 2.25. The SMILES string of the molecule is CCC1CN(C(=O)c2cc(Br)cc(N)c2C)CCN1C. The molecule has 1 aliphatic rings. The van der Waals surface area contributed by atoms with Gasteiger partial charge in [0, 0.05) is 41.4 Å². The van der Waals surface area contributed by atoms with Crippen LogP contribution in [0.4, 0.5) is 5.69 Å². The molecule has 0 bridgehead atoms. The van der Waals surface area contributed by atoms with E-state index in [0.717, 1.165) is 36.1 Å². The van der Waals surface area contributed by atoms with Crippen LogP contribution in [0.3, 0.4) is 0 Å². The van der Waals surface area contributed by atoms with Gasteiger partial charge in [-0.3, -0.25) is 9.69 Å². The molecule has 0 aliphatic carbocycles. The molecule has 1 atom stereocenters. The Balaban J connectivity index is 2.24. The lowest BCUT2D eigenvalue weighted by atomic mass is 10.0. The van der Waals surface area contributed by atoms with Gasteiger partial charge in [0.25, 0.3) is 5.91 Å². The maximum absolute atomic E-state index is 12.7. The highest BCUT2D eigenvalue weighted by molar-refractivity contribution is 9.10. The van der Waals surface area contributed by atoms with Crippen LogP contribution >= 0.6 is 15.9 Å². The van der Waals surface area contributed by atoms with E-state index in [1.165, 1.54) is 0 Å². The zero-order chi connectivity index (χ0) is 14.9. The van der Waals surface area contributed by atoms with Crippen LogP contribution < -0.4 is 5.73 Å². The first-order valence-electron chi connectivity index (χ1n) is 6.99. The van der Waals surface area contributed by atoms with E-state index in [2.05, 4.69) is 34.8 Å². The number of piperazine rings is 1. The predicted octanol–water partition coefficient (Wildman–Crippen LogP) is 2.51. The Hall–Kier alpha value is -1.07. The molecule has 2 rings (SSSR count). The number of likely N-dealkylation sites (N-methyl/N-ethyl adjacent to an activating group) is 1. The van der Waals surface area contributed by atoms with Crippen molar-refractivity contribution in [1.82, 2.24) is 9.80 Å². The summed E-state index contributed by atoms with van der Waals surface area (Å²) in [6.45, 7) is 6.56. The molecule has 1 aromatic carbocycles. The summed E-state index contributed by atoms with van der Waals surface area (Å²) in [5, 5.41) is 0. The summed E-state index contributed by atoms with van der Waals surface area (Å²) in [4.78, 5) is 17.0. The van der Waals surface area contributed by atoms with E-state index < -0.39 is 0 Å². The van der Waals surface area contributed by atoms with Crippen LogP contribution in [0.25, 0.3) is 0 Å². The maximum atomic E-state index is 12.7. The molecular weight excluding hydrogens is 318 g/mol. The standard InChI is InChI=1S/C15H22BrN3O/c1-4-12-9-19(6-5-18(12)3)15(20)13-7-11(16)8-14(17)10(13)2/h7-8,12H,4-6,9,17H2,1-3H3. The van der Waals surface area contributed by atoms with Gasteiger partial charge in [-0.15, -0.1) is 0 Å². The average Bonchev–Trinajstić information content (AvgIpc) is 2.42. The first-order valence-corrected chi connectivity index (χ1v) is 7.78. The fourth-order valence-electron chi connectivity index (χ4n) is 2.66. The fraction of sp³-hybridized carbons (Fsp3) is 0.533. The number of anilines is 1. The van der Waals surface area contributed by atoms with Gasteiger partial charge in [-0.2, -0.15) is 0 Å². The lowest BCUT2D eigenvalue weighted by molar-refractivity contribution is 0.0541. The number of nitrogen functional groups attached to an aromatic ring is 1. The highest BCUT2D eigenvalue weighted by atomic mass is 79.9. The quantitative estimate of drug-likeness (QED) is 0.842. The summed E-state index contributed by atoms with van der Waals surface area (Å²) in [7, 11) is 2.12. The smallest absolute Gasteiger partial charge is 0.254 e. The number of carbonyl (C=O) groups excluding carboxylic acids is 1. The average molecular weight is 340 g/mol. The number of amides is 1. The molecule has 1 amide bonds. The number of carbonyl (C=O) groups is 1. The van der Waals surface area contributed by atoms with Gasteiger partial charge >= 0.3 is 0 Å². The first-order chi connectivity index (χ1) is 9.43. The fourth-order valence-corrected chi connectivity index (χ4v) is 3.14. The van der Waals surface area contributed by atoms with Crippen LogP contribution in [0.15, 0.2) is 16.6 Å². The van der Waals surface area contributed by atoms with Gasteiger partial charge in [-0.25, -0.2) is 0 Å². The van der Waals surface area contributed by atoms with Gasteiger partial charge in [0.15, 0.2) is 0 Å². The topological polar surface area (TPSA) is 49.6 Å². The Morgan fingerprint density at radius 1 is 1.45 bits per heavy atom. The monoisotopic (exact) mass is 339 g/mol. The molecule has 0 aromatic heterocycles. The second kappa shape index (κ2) is 6.14. The summed E-state index contributed by atoms with van der Waals surface area (Å²) in [6, 6.07) is 4.15. The number of hydrogen-bond acceptors (Lipinski definition) is 3. The summed E-state index contributed by atoms with van der Waals surface area (Å²) in [6.07, 6.45) is 1.06. The summed E-state index contributed by atoms with van der Waals surface area (Å²) < 4.78 is 0.852. The highest BCUT2D eigenvalue weighted by Gasteiger charge is 2.27. The molecule has 1 saturated heterocycles. The number of benzene rings is 1. The van der Waals surface area contributed by atoms with E-state index >= 15 is 0 Å². The number of nitrogens with zero attached hydrogens (tertiary/aromatic N) is 2. The molecule has 1 aromatic rings. The van der Waals surface area contributed by atoms with E-state index in [9.17, 15) is 4.79 Å². The van der Waals surface area contributed by atoms with Crippen molar-refractivity contribution in [2.45, 2.75) is 26.3 Å². The molecule has 0 radical (unpaired) electrons. The molecule has 2 N–H and O–H groups in total. The van der Waals surface area contributed by atoms with Crippen LogP contribution in [0, 0.1) is 6.92 Å². The molecule has 0 saturated carbocycles. The lowest BCUT2D eigenvalue weighted by Gasteiger charge is -2.39. The normalized spacial score (nSPS) is 20.2. The molecule has 110 valence electrons. The molecular formula is C15H22BrN3O. The van der Waals surface area contributed by atoms with Gasteiger partial charge < -0.3 is 10.6 Å². The van der Waals surface area contributed by atoms with E-state index in [-0.39, 0.29) is 5.91 Å². The van der Waals surface area contributed by atoms with E-state index in [4.69, 9.17) is 5.73 Å². The lowest BCUT2D eigenvalue weighted by Crippen LogP contribution is -2.53. The van der Waals surface area contributed by atoms with Crippen molar-refractivity contribution in [1.29, 1.82) is 0 Å². The van der Waals surface area contributed by atoms with Gasteiger partial charge in [-0.05, 0) is 38.1 Å². The zero-order valence-electron chi connectivity index (χ0n) is 12.3. The molecule has 1 aliphatic heterocycles. The van der Waals surface area contributed by atoms with Gasteiger partial charge in [0.1, 0.15) is 0 Å². The van der Waals surface area contributed by atoms with Crippen molar-refractivity contribution in [2.75, 3.05) is 32.4 Å². The molecule has 1 heterocycles. The minimum absolute atomic E-state index is 0.0852. The largest absolute Gasteiger partial charge is 0.398 e. The molecule has 5 heteroatoms. The maximum Gasteiger partial charge on any atom is 0.254 e. The van der Waals surface area contributed by atoms with E-state index in [1.807, 2.05) is 24.0 Å². The van der Waals surface area contributed by atoms with Crippen molar-refractivity contribution in [3.05, 3.63) is 27.7 Å². The van der Waals surface area contributed by atoms with Crippen LogP contribution in [0.2, 0.25) is 0 Å². The van der Waals surface area contributed by atoms with Crippen molar-refractivity contribution in [3.63, 3.8) is 0 Å². The van der Waals surface area contributed by atoms with Crippen molar-refractivity contribution in [2.24, 2.45) is 0 Å². The number of halogens is 1. The summed E-state index contributed by atoms with van der Waals surface area (Å²) in [5.41, 5.74) is 8.18. The molecule has 1 fully saturated rings. The third-order valence-electron chi connectivity index (χ3n) is 4.18. The number of hydrogen-bond donors (Lipinski definition) is 1. The molecule has 4 nitrogen and oxygen atoms in total. The van der Waals surface area contributed by atoms with Gasteiger partial charge in [0.2, 0.25) is 0 Å². The Morgan fingerprint density at radius 3 is 2.80 bits per heavy atom. The molecule has 1 unspecified atom stereocenters. The van der Waals surface area contributed by atoms with Crippen molar-refractivity contribution in [3.8, 4) is 0 Å². The van der Waals surface area contributed by atoms with Crippen LogP contribution in [-0.2, 0) is 0 Å². The Labute approximate surface area is 129 Å². The van der Waals surface area contributed by atoms with Crippen LogP contribution in [0.5, 0.6) is 0 Å². The van der Waals surface area contributed by atoms with E-state index in [0.29, 0.717) is 17.3 Å². The Bertz CT molecular complexity index is 518. The van der Waals surface area contributed by atoms with E-state index in [1.54, 1.807) is 0 Å². The third-order valence-corrected chi connectivity index (χ3v) is 4.64. The van der Waals surface area contributed by atoms with Gasteiger partial charge in [-0.1, -0.05) is 22.9 Å². The van der Waals surface area contributed by atoms with Crippen LogP contribution in [0.1, 0.15) is 29.3 Å². The second-order valence-electron chi connectivity index (χ2n) is 5.46. The Morgan fingerprint density at radius 2 is 2.15 bits per heavy atom. The zero-order valence-corrected chi connectivity index (χ0v) is 13.9. The predicted molar refractivity (Wildman–Crippen MR) is 85.9 cm³/mol. The molecule has 20 heavy (non-hydrogen) atoms. The van der Waals surface area contributed by atoms with Gasteiger partial charge in [0.05, 0.1) is 0 Å². The minimum Gasteiger partial charge on any atom is -0.398 e. The minimum atomic E-state index is 0.0852. The third kappa shape index (κ3) is 2.99. The first kappa shape index (κ1) is 15.3. The molecule has 0 spiro atoms.